The largest absolute Gasteiger partial charge is 0.313 e. The van der Waals surface area contributed by atoms with Gasteiger partial charge in [-0.2, -0.15) is 0 Å². The number of hydrogen-bond donors (Lipinski definition) is 1. The molecule has 0 saturated heterocycles. The van der Waals surface area contributed by atoms with Crippen LogP contribution in [0, 0.1) is 12.7 Å². The van der Waals surface area contributed by atoms with Crippen LogP contribution in [0.4, 0.5) is 4.39 Å². The standard InChI is InChI=1S/C20H19ClFN3O2S/c1-12-7-10-18(20(21)24-12)28(26,27)25-11-15-13(8-9-17(15)23-2)19(25)14-5-3-4-6-16(14)22/h3-7,10-11,17,23H,8-9H2,1-2H3. The van der Waals surface area contributed by atoms with Crippen LogP contribution in [0.3, 0.4) is 0 Å². The van der Waals surface area contributed by atoms with Crippen molar-refractivity contribution in [2.45, 2.75) is 30.7 Å². The van der Waals surface area contributed by atoms with Crippen LogP contribution in [-0.2, 0) is 16.4 Å². The fourth-order valence-electron chi connectivity index (χ4n) is 3.78. The van der Waals surface area contributed by atoms with Crippen LogP contribution >= 0.6 is 11.6 Å². The lowest BCUT2D eigenvalue weighted by molar-refractivity contribution is 0.578. The molecule has 0 aliphatic heterocycles. The molecule has 4 rings (SSSR count). The van der Waals surface area contributed by atoms with E-state index in [4.69, 9.17) is 11.6 Å². The monoisotopic (exact) mass is 419 g/mol. The normalized spacial score (nSPS) is 16.4. The molecule has 1 aromatic carbocycles. The van der Waals surface area contributed by atoms with Crippen LogP contribution in [0.5, 0.6) is 0 Å². The van der Waals surface area contributed by atoms with Gasteiger partial charge in [0.25, 0.3) is 10.0 Å². The summed E-state index contributed by atoms with van der Waals surface area (Å²) in [6, 6.07) is 9.25. The molecule has 1 N–H and O–H groups in total. The zero-order chi connectivity index (χ0) is 20.1. The molecule has 1 atom stereocenters. The molecule has 1 unspecified atom stereocenters. The molecule has 1 aliphatic rings. The third kappa shape index (κ3) is 2.94. The molecule has 0 radical (unpaired) electrons. The van der Waals surface area contributed by atoms with E-state index < -0.39 is 15.8 Å². The number of hydrogen-bond acceptors (Lipinski definition) is 4. The molecule has 146 valence electrons. The summed E-state index contributed by atoms with van der Waals surface area (Å²) in [5, 5.41) is 3.10. The zero-order valence-corrected chi connectivity index (χ0v) is 17.0. The molecule has 1 aliphatic carbocycles. The van der Waals surface area contributed by atoms with Gasteiger partial charge in [0.15, 0.2) is 0 Å². The van der Waals surface area contributed by atoms with Crippen LogP contribution in [0.1, 0.15) is 29.3 Å². The molecule has 5 nitrogen and oxygen atoms in total. The Morgan fingerprint density at radius 1 is 1.25 bits per heavy atom. The first-order valence-corrected chi connectivity index (χ1v) is 10.7. The number of pyridine rings is 1. The summed E-state index contributed by atoms with van der Waals surface area (Å²) < 4.78 is 42.7. The second-order valence-corrected chi connectivity index (χ2v) is 8.96. The maximum absolute atomic E-state index is 14.6. The first-order chi connectivity index (χ1) is 13.3. The Balaban J connectivity index is 2.01. The fraction of sp³-hybridized carbons (Fsp3) is 0.250. The Hall–Kier alpha value is -2.22. The number of rotatable bonds is 4. The number of benzene rings is 1. The Bertz CT molecular complexity index is 1170. The maximum atomic E-state index is 14.6. The molecule has 3 aromatic rings. The van der Waals surface area contributed by atoms with Crippen LogP contribution in [0.25, 0.3) is 11.3 Å². The van der Waals surface area contributed by atoms with Crippen molar-refractivity contribution in [3.05, 3.63) is 70.4 Å². The number of aryl methyl sites for hydroxylation is 1. The van der Waals surface area contributed by atoms with E-state index in [0.29, 0.717) is 17.8 Å². The van der Waals surface area contributed by atoms with Gasteiger partial charge in [-0.1, -0.05) is 23.7 Å². The van der Waals surface area contributed by atoms with E-state index in [-0.39, 0.29) is 21.7 Å². The summed E-state index contributed by atoms with van der Waals surface area (Å²) >= 11 is 6.15. The van der Waals surface area contributed by atoms with E-state index in [1.807, 2.05) is 7.05 Å². The Kier molecular flexibility index (Phi) is 4.77. The summed E-state index contributed by atoms with van der Waals surface area (Å²) in [4.78, 5) is 3.96. The van der Waals surface area contributed by atoms with Gasteiger partial charge >= 0.3 is 0 Å². The van der Waals surface area contributed by atoms with Gasteiger partial charge in [0.1, 0.15) is 15.9 Å². The van der Waals surface area contributed by atoms with Gasteiger partial charge in [0, 0.05) is 23.5 Å². The number of halogens is 2. The molecule has 2 heterocycles. The third-order valence-corrected chi connectivity index (χ3v) is 7.23. The Morgan fingerprint density at radius 3 is 2.68 bits per heavy atom. The lowest BCUT2D eigenvalue weighted by atomic mass is 10.1. The lowest BCUT2D eigenvalue weighted by Crippen LogP contribution is -2.17. The first kappa shape index (κ1) is 19.1. The molecule has 0 spiro atoms. The molecule has 0 saturated carbocycles. The third-order valence-electron chi connectivity index (χ3n) is 5.14. The van der Waals surface area contributed by atoms with E-state index in [0.717, 1.165) is 21.5 Å². The predicted octanol–water partition coefficient (Wildman–Crippen LogP) is 4.09. The highest BCUT2D eigenvalue weighted by Gasteiger charge is 2.34. The average molecular weight is 420 g/mol. The maximum Gasteiger partial charge on any atom is 0.271 e. The van der Waals surface area contributed by atoms with Crippen molar-refractivity contribution in [1.29, 1.82) is 0 Å². The summed E-state index contributed by atoms with van der Waals surface area (Å²) in [6.07, 6.45) is 3.07. The number of nitrogens with zero attached hydrogens (tertiary/aromatic N) is 2. The minimum atomic E-state index is -4.06. The van der Waals surface area contributed by atoms with Crippen molar-refractivity contribution in [2.24, 2.45) is 0 Å². The van der Waals surface area contributed by atoms with Crippen molar-refractivity contribution in [3.63, 3.8) is 0 Å². The van der Waals surface area contributed by atoms with Gasteiger partial charge < -0.3 is 5.32 Å². The van der Waals surface area contributed by atoms with Gasteiger partial charge in [-0.25, -0.2) is 21.8 Å². The predicted molar refractivity (Wildman–Crippen MR) is 107 cm³/mol. The van der Waals surface area contributed by atoms with E-state index in [9.17, 15) is 12.8 Å². The molecule has 28 heavy (non-hydrogen) atoms. The van der Waals surface area contributed by atoms with Crippen LogP contribution in [0.15, 0.2) is 47.5 Å². The van der Waals surface area contributed by atoms with Crippen LogP contribution in [0.2, 0.25) is 5.15 Å². The van der Waals surface area contributed by atoms with Gasteiger partial charge in [-0.3, -0.25) is 0 Å². The van der Waals surface area contributed by atoms with E-state index >= 15 is 0 Å². The fourth-order valence-corrected chi connectivity index (χ4v) is 5.68. The average Bonchev–Trinajstić information content (AvgIpc) is 3.21. The van der Waals surface area contributed by atoms with Crippen molar-refractivity contribution >= 4 is 21.6 Å². The van der Waals surface area contributed by atoms with Crippen molar-refractivity contribution in [3.8, 4) is 11.3 Å². The van der Waals surface area contributed by atoms with Crippen molar-refractivity contribution in [1.82, 2.24) is 14.3 Å². The summed E-state index contributed by atoms with van der Waals surface area (Å²) in [7, 11) is -2.24. The zero-order valence-electron chi connectivity index (χ0n) is 15.4. The quantitative estimate of drug-likeness (QED) is 0.647. The number of nitrogens with one attached hydrogen (secondary N) is 1. The minimum Gasteiger partial charge on any atom is -0.313 e. The molecule has 0 amide bonds. The number of fused-ring (bicyclic) bond motifs is 1. The van der Waals surface area contributed by atoms with E-state index in [1.165, 1.54) is 12.1 Å². The first-order valence-electron chi connectivity index (χ1n) is 8.89. The van der Waals surface area contributed by atoms with Crippen molar-refractivity contribution < 1.29 is 12.8 Å². The SMILES string of the molecule is CNC1CCc2c1cn(S(=O)(=O)c1ccc(C)nc1Cl)c2-c1ccccc1F. The van der Waals surface area contributed by atoms with E-state index in [2.05, 4.69) is 10.3 Å². The highest BCUT2D eigenvalue weighted by atomic mass is 35.5. The lowest BCUT2D eigenvalue weighted by Gasteiger charge is -2.14. The minimum absolute atomic E-state index is 0.0172. The summed E-state index contributed by atoms with van der Waals surface area (Å²) in [5.74, 6) is -0.471. The van der Waals surface area contributed by atoms with E-state index in [1.54, 1.807) is 37.4 Å². The Morgan fingerprint density at radius 2 is 2.00 bits per heavy atom. The molecular weight excluding hydrogens is 401 g/mol. The molecule has 0 bridgehead atoms. The van der Waals surface area contributed by atoms with Gasteiger partial charge in [-0.05, 0) is 62.2 Å². The van der Waals surface area contributed by atoms with Crippen LogP contribution in [-0.4, -0.2) is 24.4 Å². The van der Waals surface area contributed by atoms with Crippen molar-refractivity contribution in [2.75, 3.05) is 7.05 Å². The summed E-state index contributed by atoms with van der Waals surface area (Å²) in [5.41, 5.74) is 2.91. The van der Waals surface area contributed by atoms with Gasteiger partial charge in [0.2, 0.25) is 0 Å². The second-order valence-electron chi connectivity index (χ2n) is 6.81. The molecular formula is C20H19ClFN3O2S. The highest BCUT2D eigenvalue weighted by molar-refractivity contribution is 7.90. The number of aromatic nitrogens is 2. The smallest absolute Gasteiger partial charge is 0.271 e. The topological polar surface area (TPSA) is 64.0 Å². The second kappa shape index (κ2) is 6.99. The summed E-state index contributed by atoms with van der Waals surface area (Å²) in [6.45, 7) is 1.73. The Labute approximate surface area is 168 Å². The van der Waals surface area contributed by atoms with Gasteiger partial charge in [-0.15, -0.1) is 0 Å². The highest BCUT2D eigenvalue weighted by Crippen LogP contribution is 2.42. The molecule has 0 fully saturated rings. The van der Waals surface area contributed by atoms with Gasteiger partial charge in [0.05, 0.1) is 5.69 Å². The van der Waals surface area contributed by atoms with Crippen LogP contribution < -0.4 is 5.32 Å². The molecule has 8 heteroatoms. The molecule has 2 aromatic heterocycles.